The largest absolute Gasteiger partial charge is 0.496 e. The number of anilines is 1. The molecule has 1 N–H and O–H groups in total. The number of hydrogen-bond donors (Lipinski definition) is 1. The minimum absolute atomic E-state index is 0.124. The van der Waals surface area contributed by atoms with Gasteiger partial charge in [-0.1, -0.05) is 24.6 Å². The fourth-order valence-corrected chi connectivity index (χ4v) is 3.48. The molecule has 2 aromatic carbocycles. The molecule has 1 atom stereocenters. The first-order valence-corrected chi connectivity index (χ1v) is 9.36. The highest BCUT2D eigenvalue weighted by Crippen LogP contribution is 2.22. The summed E-state index contributed by atoms with van der Waals surface area (Å²) < 4.78 is 5.30. The third kappa shape index (κ3) is 4.44. The number of rotatable bonds is 5. The second kappa shape index (κ2) is 8.37. The van der Waals surface area contributed by atoms with Crippen LogP contribution in [0.3, 0.4) is 0 Å². The molecule has 26 heavy (non-hydrogen) atoms. The van der Waals surface area contributed by atoms with Crippen molar-refractivity contribution in [3.05, 3.63) is 59.2 Å². The Labute approximate surface area is 156 Å². The van der Waals surface area contributed by atoms with E-state index >= 15 is 0 Å². The third-order valence-electron chi connectivity index (χ3n) is 5.21. The standard InChI is InChI=1S/C22H28N2O2/c1-16-7-10-19(14-21(16)26-3)22(25)23-20-11-8-18(9-12-20)15-24-13-5-4-6-17(24)2/h7-12,14,17H,4-6,13,15H2,1-3H3,(H,23,25). The summed E-state index contributed by atoms with van der Waals surface area (Å²) in [7, 11) is 1.62. The number of likely N-dealkylation sites (tertiary alicyclic amines) is 1. The van der Waals surface area contributed by atoms with E-state index in [9.17, 15) is 4.79 Å². The molecule has 1 heterocycles. The number of nitrogens with zero attached hydrogens (tertiary/aromatic N) is 1. The predicted octanol–water partition coefficient (Wildman–Crippen LogP) is 4.63. The Balaban J connectivity index is 1.62. The average molecular weight is 352 g/mol. The molecule has 3 rings (SSSR count). The lowest BCUT2D eigenvalue weighted by Gasteiger charge is -2.33. The number of carbonyl (C=O) groups excluding carboxylic acids is 1. The summed E-state index contributed by atoms with van der Waals surface area (Å²) in [6, 6.07) is 14.3. The van der Waals surface area contributed by atoms with E-state index in [0.717, 1.165) is 23.5 Å². The first kappa shape index (κ1) is 18.5. The van der Waals surface area contributed by atoms with Crippen molar-refractivity contribution in [2.24, 2.45) is 0 Å². The van der Waals surface area contributed by atoms with Crippen molar-refractivity contribution in [1.29, 1.82) is 0 Å². The molecule has 0 aliphatic carbocycles. The molecule has 1 aliphatic heterocycles. The van der Waals surface area contributed by atoms with Crippen LogP contribution in [0.1, 0.15) is 47.7 Å². The highest BCUT2D eigenvalue weighted by atomic mass is 16.5. The van der Waals surface area contributed by atoms with Crippen LogP contribution in [-0.4, -0.2) is 30.5 Å². The van der Waals surface area contributed by atoms with Gasteiger partial charge in [-0.25, -0.2) is 0 Å². The number of hydrogen-bond acceptors (Lipinski definition) is 3. The molecule has 0 radical (unpaired) electrons. The van der Waals surface area contributed by atoms with Gasteiger partial charge in [0.1, 0.15) is 5.75 Å². The Bertz CT molecular complexity index is 755. The minimum atomic E-state index is -0.124. The fraction of sp³-hybridized carbons (Fsp3) is 0.409. The van der Waals surface area contributed by atoms with Gasteiger partial charge in [0.2, 0.25) is 0 Å². The first-order chi connectivity index (χ1) is 12.6. The van der Waals surface area contributed by atoms with E-state index in [4.69, 9.17) is 4.74 Å². The number of nitrogens with one attached hydrogen (secondary N) is 1. The molecule has 1 saturated heterocycles. The summed E-state index contributed by atoms with van der Waals surface area (Å²) in [5.41, 5.74) is 3.71. The Hall–Kier alpha value is -2.33. The minimum Gasteiger partial charge on any atom is -0.496 e. The van der Waals surface area contributed by atoms with Crippen LogP contribution >= 0.6 is 0 Å². The van der Waals surface area contributed by atoms with E-state index in [1.165, 1.54) is 31.4 Å². The Kier molecular flexibility index (Phi) is 5.94. The zero-order chi connectivity index (χ0) is 18.5. The average Bonchev–Trinajstić information content (AvgIpc) is 2.65. The number of benzene rings is 2. The van der Waals surface area contributed by atoms with E-state index < -0.39 is 0 Å². The SMILES string of the molecule is COc1cc(C(=O)Nc2ccc(CN3CCCCC3C)cc2)ccc1C. The van der Waals surface area contributed by atoms with Gasteiger partial charge in [0.15, 0.2) is 0 Å². The molecule has 0 spiro atoms. The topological polar surface area (TPSA) is 41.6 Å². The quantitative estimate of drug-likeness (QED) is 0.853. The second-order valence-corrected chi connectivity index (χ2v) is 7.15. The van der Waals surface area contributed by atoms with Crippen molar-refractivity contribution in [2.45, 2.75) is 45.7 Å². The van der Waals surface area contributed by atoms with Gasteiger partial charge < -0.3 is 10.1 Å². The molecular formula is C22H28N2O2. The highest BCUT2D eigenvalue weighted by Gasteiger charge is 2.18. The summed E-state index contributed by atoms with van der Waals surface area (Å²) in [6.45, 7) is 6.42. The Morgan fingerprint density at radius 3 is 2.65 bits per heavy atom. The highest BCUT2D eigenvalue weighted by molar-refractivity contribution is 6.04. The Morgan fingerprint density at radius 2 is 1.96 bits per heavy atom. The van der Waals surface area contributed by atoms with E-state index in [2.05, 4.69) is 29.3 Å². The van der Waals surface area contributed by atoms with Crippen molar-refractivity contribution in [2.75, 3.05) is 19.0 Å². The van der Waals surface area contributed by atoms with Gasteiger partial charge in [0.05, 0.1) is 7.11 Å². The lowest BCUT2D eigenvalue weighted by molar-refractivity contribution is 0.102. The lowest BCUT2D eigenvalue weighted by atomic mass is 10.0. The van der Waals surface area contributed by atoms with Gasteiger partial charge in [-0.05, 0) is 68.6 Å². The first-order valence-electron chi connectivity index (χ1n) is 9.36. The number of amides is 1. The molecule has 1 amide bonds. The Morgan fingerprint density at radius 1 is 1.19 bits per heavy atom. The maximum Gasteiger partial charge on any atom is 0.255 e. The van der Waals surface area contributed by atoms with Gasteiger partial charge in [-0.3, -0.25) is 9.69 Å². The van der Waals surface area contributed by atoms with E-state index in [1.54, 1.807) is 13.2 Å². The van der Waals surface area contributed by atoms with Crippen molar-refractivity contribution in [3.8, 4) is 5.75 Å². The van der Waals surface area contributed by atoms with Crippen molar-refractivity contribution in [3.63, 3.8) is 0 Å². The normalized spacial score (nSPS) is 17.7. The summed E-state index contributed by atoms with van der Waals surface area (Å²) in [4.78, 5) is 15.0. The van der Waals surface area contributed by atoms with Crippen LogP contribution in [0.2, 0.25) is 0 Å². The van der Waals surface area contributed by atoms with E-state index in [-0.39, 0.29) is 5.91 Å². The van der Waals surface area contributed by atoms with E-state index in [1.807, 2.05) is 31.2 Å². The van der Waals surface area contributed by atoms with Gasteiger partial charge in [-0.2, -0.15) is 0 Å². The van der Waals surface area contributed by atoms with Gasteiger partial charge in [-0.15, -0.1) is 0 Å². The van der Waals surface area contributed by atoms with Gasteiger partial charge >= 0.3 is 0 Å². The van der Waals surface area contributed by atoms with Crippen LogP contribution in [0.5, 0.6) is 5.75 Å². The van der Waals surface area contributed by atoms with Gasteiger partial charge in [0, 0.05) is 23.8 Å². The van der Waals surface area contributed by atoms with Crippen LogP contribution in [0.4, 0.5) is 5.69 Å². The van der Waals surface area contributed by atoms with Crippen LogP contribution in [0.15, 0.2) is 42.5 Å². The summed E-state index contributed by atoms with van der Waals surface area (Å²) in [5, 5.41) is 2.96. The van der Waals surface area contributed by atoms with Crippen molar-refractivity contribution >= 4 is 11.6 Å². The summed E-state index contributed by atoms with van der Waals surface area (Å²) in [6.07, 6.45) is 3.92. The summed E-state index contributed by atoms with van der Waals surface area (Å²) in [5.74, 6) is 0.601. The van der Waals surface area contributed by atoms with E-state index in [0.29, 0.717) is 11.6 Å². The molecule has 1 aliphatic rings. The second-order valence-electron chi connectivity index (χ2n) is 7.15. The third-order valence-corrected chi connectivity index (χ3v) is 5.21. The number of methoxy groups -OCH3 is 1. The number of aryl methyl sites for hydroxylation is 1. The van der Waals surface area contributed by atoms with Crippen molar-refractivity contribution < 1.29 is 9.53 Å². The van der Waals surface area contributed by atoms with Crippen molar-refractivity contribution in [1.82, 2.24) is 4.90 Å². The molecule has 2 aromatic rings. The zero-order valence-electron chi connectivity index (χ0n) is 15.9. The molecule has 0 aromatic heterocycles. The van der Waals surface area contributed by atoms with Crippen LogP contribution < -0.4 is 10.1 Å². The lowest BCUT2D eigenvalue weighted by Crippen LogP contribution is -2.36. The van der Waals surface area contributed by atoms with Crippen LogP contribution in [-0.2, 0) is 6.54 Å². The van der Waals surface area contributed by atoms with Crippen LogP contribution in [0.25, 0.3) is 0 Å². The zero-order valence-corrected chi connectivity index (χ0v) is 15.9. The van der Waals surface area contributed by atoms with Gasteiger partial charge in [0.25, 0.3) is 5.91 Å². The molecule has 1 unspecified atom stereocenters. The fourth-order valence-electron chi connectivity index (χ4n) is 3.48. The van der Waals surface area contributed by atoms with Crippen LogP contribution in [0, 0.1) is 6.92 Å². The number of piperidine rings is 1. The molecule has 4 heteroatoms. The molecule has 0 saturated carbocycles. The number of carbonyl (C=O) groups is 1. The molecule has 138 valence electrons. The molecule has 0 bridgehead atoms. The number of ether oxygens (including phenoxy) is 1. The predicted molar refractivity (Wildman–Crippen MR) is 106 cm³/mol. The maximum atomic E-state index is 12.5. The maximum absolute atomic E-state index is 12.5. The molecular weight excluding hydrogens is 324 g/mol. The summed E-state index contributed by atoms with van der Waals surface area (Å²) >= 11 is 0. The molecule has 4 nitrogen and oxygen atoms in total. The monoisotopic (exact) mass is 352 g/mol. The molecule has 1 fully saturated rings. The smallest absolute Gasteiger partial charge is 0.255 e.